The maximum atomic E-state index is 13.8. The second-order valence-electron chi connectivity index (χ2n) is 5.75. The second-order valence-corrected chi connectivity index (χ2v) is 6.67. The van der Waals surface area contributed by atoms with Crippen LogP contribution in [0.1, 0.15) is 11.1 Å². The van der Waals surface area contributed by atoms with E-state index >= 15 is 0 Å². The predicted molar refractivity (Wildman–Crippen MR) is 89.7 cm³/mol. The predicted octanol–water partition coefficient (Wildman–Crippen LogP) is 3.80. The summed E-state index contributed by atoms with van der Waals surface area (Å²) in [6.07, 6.45) is 0.653. The van der Waals surface area contributed by atoms with Crippen molar-refractivity contribution in [1.29, 1.82) is 0 Å². The summed E-state index contributed by atoms with van der Waals surface area (Å²) >= 11 is 3.33. The van der Waals surface area contributed by atoms with Gasteiger partial charge in [0.05, 0.1) is 5.92 Å². The molecule has 0 aliphatic carbocycles. The second kappa shape index (κ2) is 6.71. The fourth-order valence-corrected chi connectivity index (χ4v) is 3.20. The number of hydrogen-bond acceptors (Lipinski definition) is 2. The molecule has 120 valence electrons. The van der Waals surface area contributed by atoms with Crippen molar-refractivity contribution in [2.24, 2.45) is 5.92 Å². The summed E-state index contributed by atoms with van der Waals surface area (Å²) in [5.41, 5.74) is 1.53. The lowest BCUT2D eigenvalue weighted by Crippen LogP contribution is -2.38. The number of benzene rings is 2. The van der Waals surface area contributed by atoms with Crippen LogP contribution in [-0.4, -0.2) is 24.5 Å². The number of carbonyl (C=O) groups excluding carboxylic acids is 1. The SMILES string of the molecule is CN(Cc1cc(Br)ccc1F)C(=O)C1COc2ccccc2C1. The molecule has 0 saturated heterocycles. The smallest absolute Gasteiger partial charge is 0.229 e. The van der Waals surface area contributed by atoms with Gasteiger partial charge in [0.2, 0.25) is 5.91 Å². The summed E-state index contributed by atoms with van der Waals surface area (Å²) in [5.74, 6) is 0.277. The Labute approximate surface area is 143 Å². The fourth-order valence-electron chi connectivity index (χ4n) is 2.80. The molecule has 0 aromatic heterocycles. The van der Waals surface area contributed by atoms with Gasteiger partial charge in [-0.05, 0) is 36.2 Å². The van der Waals surface area contributed by atoms with Crippen molar-refractivity contribution >= 4 is 21.8 Å². The van der Waals surface area contributed by atoms with Crippen molar-refractivity contribution in [3.63, 3.8) is 0 Å². The molecule has 1 aliphatic heterocycles. The van der Waals surface area contributed by atoms with E-state index in [0.717, 1.165) is 15.8 Å². The molecular formula is C18H17BrFNO2. The number of halogens is 2. The van der Waals surface area contributed by atoms with Gasteiger partial charge in [0, 0.05) is 23.6 Å². The highest BCUT2D eigenvalue weighted by Gasteiger charge is 2.28. The minimum Gasteiger partial charge on any atom is -0.492 e. The van der Waals surface area contributed by atoms with Gasteiger partial charge in [0.1, 0.15) is 18.2 Å². The topological polar surface area (TPSA) is 29.5 Å². The minimum absolute atomic E-state index is 0.0288. The van der Waals surface area contributed by atoms with Crippen LogP contribution in [-0.2, 0) is 17.8 Å². The maximum absolute atomic E-state index is 13.8. The van der Waals surface area contributed by atoms with Gasteiger partial charge in [-0.1, -0.05) is 34.1 Å². The summed E-state index contributed by atoms with van der Waals surface area (Å²) < 4.78 is 20.3. The molecule has 0 bridgehead atoms. The van der Waals surface area contributed by atoms with Crippen LogP contribution >= 0.6 is 15.9 Å². The third-order valence-corrected chi connectivity index (χ3v) is 4.51. The van der Waals surface area contributed by atoms with E-state index in [-0.39, 0.29) is 24.2 Å². The maximum Gasteiger partial charge on any atom is 0.229 e. The van der Waals surface area contributed by atoms with Crippen LogP contribution in [0.15, 0.2) is 46.9 Å². The van der Waals surface area contributed by atoms with Gasteiger partial charge >= 0.3 is 0 Å². The molecule has 3 nitrogen and oxygen atoms in total. The van der Waals surface area contributed by atoms with Gasteiger partial charge in [-0.3, -0.25) is 4.79 Å². The van der Waals surface area contributed by atoms with E-state index in [2.05, 4.69) is 15.9 Å². The number of para-hydroxylation sites is 1. The van der Waals surface area contributed by atoms with Gasteiger partial charge in [-0.25, -0.2) is 4.39 Å². The summed E-state index contributed by atoms with van der Waals surface area (Å²) in [4.78, 5) is 14.2. The third kappa shape index (κ3) is 3.55. The number of rotatable bonds is 3. The lowest BCUT2D eigenvalue weighted by Gasteiger charge is -2.28. The summed E-state index contributed by atoms with van der Waals surface area (Å²) in [5, 5.41) is 0. The molecule has 2 aromatic rings. The molecule has 1 heterocycles. The third-order valence-electron chi connectivity index (χ3n) is 4.02. The Kier molecular flexibility index (Phi) is 4.66. The molecule has 1 atom stereocenters. The molecule has 3 rings (SSSR count). The zero-order chi connectivity index (χ0) is 16.4. The van der Waals surface area contributed by atoms with Crippen molar-refractivity contribution in [2.45, 2.75) is 13.0 Å². The lowest BCUT2D eigenvalue weighted by atomic mass is 9.95. The van der Waals surface area contributed by atoms with Gasteiger partial charge < -0.3 is 9.64 Å². The molecule has 2 aromatic carbocycles. The van der Waals surface area contributed by atoms with Gasteiger partial charge in [0.25, 0.3) is 0 Å². The molecule has 5 heteroatoms. The normalized spacial score (nSPS) is 16.4. The largest absolute Gasteiger partial charge is 0.492 e. The first-order chi connectivity index (χ1) is 11.0. The monoisotopic (exact) mass is 377 g/mol. The lowest BCUT2D eigenvalue weighted by molar-refractivity contribution is -0.136. The molecule has 0 radical (unpaired) electrons. The molecule has 0 saturated carbocycles. The summed E-state index contributed by atoms with van der Waals surface area (Å²) in [7, 11) is 1.70. The van der Waals surface area contributed by atoms with Crippen LogP contribution in [0, 0.1) is 11.7 Å². The summed E-state index contributed by atoms with van der Waals surface area (Å²) in [6, 6.07) is 12.5. The van der Waals surface area contributed by atoms with Crippen LogP contribution in [0.4, 0.5) is 4.39 Å². The van der Waals surface area contributed by atoms with E-state index in [1.807, 2.05) is 24.3 Å². The van der Waals surface area contributed by atoms with Crippen LogP contribution in [0.3, 0.4) is 0 Å². The Balaban J connectivity index is 1.70. The Hall–Kier alpha value is -1.88. The first-order valence-electron chi connectivity index (χ1n) is 7.44. The standard InChI is InChI=1S/C18H17BrFNO2/c1-21(10-13-9-15(19)6-7-16(13)20)18(22)14-8-12-4-2-3-5-17(12)23-11-14/h2-7,9,14H,8,10-11H2,1H3. The molecule has 1 aliphatic rings. The Bertz CT molecular complexity index is 735. The Morgan fingerprint density at radius 2 is 2.13 bits per heavy atom. The molecule has 1 amide bonds. The van der Waals surface area contributed by atoms with Gasteiger partial charge in [-0.15, -0.1) is 0 Å². The number of amides is 1. The van der Waals surface area contributed by atoms with E-state index in [4.69, 9.17) is 4.74 Å². The number of hydrogen-bond donors (Lipinski definition) is 0. The number of ether oxygens (including phenoxy) is 1. The highest BCUT2D eigenvalue weighted by molar-refractivity contribution is 9.10. The van der Waals surface area contributed by atoms with Crippen molar-refractivity contribution in [3.8, 4) is 5.75 Å². The van der Waals surface area contributed by atoms with Crippen molar-refractivity contribution in [1.82, 2.24) is 4.90 Å². The first kappa shape index (κ1) is 16.0. The van der Waals surface area contributed by atoms with E-state index in [0.29, 0.717) is 18.6 Å². The number of nitrogens with zero attached hydrogens (tertiary/aromatic N) is 1. The van der Waals surface area contributed by atoms with Crippen LogP contribution in [0.5, 0.6) is 5.75 Å². The molecular weight excluding hydrogens is 361 g/mol. The quantitative estimate of drug-likeness (QED) is 0.813. The zero-order valence-electron chi connectivity index (χ0n) is 12.8. The van der Waals surface area contributed by atoms with E-state index in [1.165, 1.54) is 6.07 Å². The van der Waals surface area contributed by atoms with Crippen LogP contribution < -0.4 is 4.74 Å². The van der Waals surface area contributed by atoms with E-state index < -0.39 is 0 Å². The molecule has 0 N–H and O–H groups in total. The summed E-state index contributed by atoms with van der Waals surface area (Å²) in [6.45, 7) is 0.601. The molecule has 1 unspecified atom stereocenters. The Morgan fingerprint density at radius 1 is 1.35 bits per heavy atom. The highest BCUT2D eigenvalue weighted by Crippen LogP contribution is 2.28. The average molecular weight is 378 g/mol. The van der Waals surface area contributed by atoms with Crippen molar-refractivity contribution < 1.29 is 13.9 Å². The van der Waals surface area contributed by atoms with Crippen LogP contribution in [0.2, 0.25) is 0 Å². The highest BCUT2D eigenvalue weighted by atomic mass is 79.9. The zero-order valence-corrected chi connectivity index (χ0v) is 14.3. The first-order valence-corrected chi connectivity index (χ1v) is 8.23. The average Bonchev–Trinajstić information content (AvgIpc) is 2.57. The van der Waals surface area contributed by atoms with Crippen LogP contribution in [0.25, 0.3) is 0 Å². The number of carbonyl (C=O) groups is 1. The van der Waals surface area contributed by atoms with E-state index in [1.54, 1.807) is 24.1 Å². The fraction of sp³-hybridized carbons (Fsp3) is 0.278. The minimum atomic E-state index is -0.307. The Morgan fingerprint density at radius 3 is 2.96 bits per heavy atom. The molecule has 0 spiro atoms. The van der Waals surface area contributed by atoms with E-state index in [9.17, 15) is 9.18 Å². The van der Waals surface area contributed by atoms with Gasteiger partial charge in [-0.2, -0.15) is 0 Å². The van der Waals surface area contributed by atoms with Crippen molar-refractivity contribution in [2.75, 3.05) is 13.7 Å². The number of fused-ring (bicyclic) bond motifs is 1. The van der Waals surface area contributed by atoms with Gasteiger partial charge in [0.15, 0.2) is 0 Å². The molecule has 23 heavy (non-hydrogen) atoms. The molecule has 0 fully saturated rings. The van der Waals surface area contributed by atoms with Crippen molar-refractivity contribution in [3.05, 3.63) is 63.9 Å².